The van der Waals surface area contributed by atoms with Crippen LogP contribution in [0.15, 0.2) is 67.0 Å². The number of ether oxygens (including phenoxy) is 2. The third-order valence-electron chi connectivity index (χ3n) is 5.64. The van der Waals surface area contributed by atoms with Gasteiger partial charge in [-0.2, -0.15) is 0 Å². The largest absolute Gasteiger partial charge is 0.497 e. The van der Waals surface area contributed by atoms with E-state index >= 15 is 0 Å². The molecule has 172 valence electrons. The van der Waals surface area contributed by atoms with Gasteiger partial charge in [0, 0.05) is 36.6 Å². The van der Waals surface area contributed by atoms with E-state index in [1.54, 1.807) is 19.5 Å². The van der Waals surface area contributed by atoms with Crippen LogP contribution in [0.1, 0.15) is 37.9 Å². The Bertz CT molecular complexity index is 1110. The average molecular weight is 446 g/mol. The molecule has 1 atom stereocenters. The lowest BCUT2D eigenvalue weighted by molar-refractivity contribution is -0.128. The van der Waals surface area contributed by atoms with Crippen LogP contribution in [0.2, 0.25) is 0 Å². The molecule has 33 heavy (non-hydrogen) atoms. The third-order valence-corrected chi connectivity index (χ3v) is 5.64. The number of benzene rings is 2. The van der Waals surface area contributed by atoms with E-state index in [1.165, 1.54) is 0 Å². The highest BCUT2D eigenvalue weighted by molar-refractivity contribution is 5.85. The maximum Gasteiger partial charge on any atom is 0.242 e. The minimum atomic E-state index is -0.512. The van der Waals surface area contributed by atoms with Gasteiger partial charge >= 0.3 is 0 Å². The zero-order valence-corrected chi connectivity index (χ0v) is 19.7. The lowest BCUT2D eigenvalue weighted by Gasteiger charge is -2.32. The molecule has 0 spiro atoms. The van der Waals surface area contributed by atoms with Gasteiger partial charge in [0.05, 0.1) is 7.11 Å². The molecule has 2 heterocycles. The monoisotopic (exact) mass is 445 g/mol. The van der Waals surface area contributed by atoms with Crippen LogP contribution >= 0.6 is 0 Å². The Kier molecular flexibility index (Phi) is 6.65. The Balaban J connectivity index is 1.76. The summed E-state index contributed by atoms with van der Waals surface area (Å²) in [5.41, 5.74) is 3.83. The van der Waals surface area contributed by atoms with Gasteiger partial charge in [-0.05, 0) is 67.8 Å². The normalized spacial score (nSPS) is 16.3. The molecule has 1 aromatic heterocycles. The van der Waals surface area contributed by atoms with Crippen LogP contribution in [0.5, 0.6) is 11.5 Å². The van der Waals surface area contributed by atoms with Crippen LogP contribution in [-0.2, 0) is 11.3 Å². The van der Waals surface area contributed by atoms with Gasteiger partial charge in [-0.15, -0.1) is 0 Å². The highest BCUT2D eigenvalue weighted by Gasteiger charge is 2.35. The molecule has 0 fully saturated rings. The Morgan fingerprint density at radius 3 is 2.64 bits per heavy atom. The highest BCUT2D eigenvalue weighted by Crippen LogP contribution is 2.37. The van der Waals surface area contributed by atoms with E-state index in [0.717, 1.165) is 28.0 Å². The number of hydrogen-bond acceptors (Lipinski definition) is 5. The number of nitrogens with one attached hydrogen (secondary N) is 1. The number of methoxy groups -OCH3 is 1. The van der Waals surface area contributed by atoms with Crippen LogP contribution in [0, 0.1) is 0 Å². The van der Waals surface area contributed by atoms with Crippen molar-refractivity contribution in [2.75, 3.05) is 20.3 Å². The zero-order valence-electron chi connectivity index (χ0n) is 19.7. The fourth-order valence-electron chi connectivity index (χ4n) is 4.20. The predicted octanol–water partition coefficient (Wildman–Crippen LogP) is 4.61. The van der Waals surface area contributed by atoms with E-state index in [0.29, 0.717) is 25.4 Å². The van der Waals surface area contributed by atoms with Gasteiger partial charge < -0.3 is 14.8 Å². The van der Waals surface area contributed by atoms with Gasteiger partial charge in [0.2, 0.25) is 5.91 Å². The predicted molar refractivity (Wildman–Crippen MR) is 129 cm³/mol. The maximum atomic E-state index is 13.6. The number of carbonyl (C=O) groups is 1. The molecule has 1 unspecified atom stereocenters. The molecule has 6 heteroatoms. The molecule has 1 amide bonds. The summed E-state index contributed by atoms with van der Waals surface area (Å²) in [4.78, 5) is 20.0. The van der Waals surface area contributed by atoms with Crippen molar-refractivity contribution in [1.82, 2.24) is 15.2 Å². The topological polar surface area (TPSA) is 63.7 Å². The quantitative estimate of drug-likeness (QED) is 0.622. The lowest BCUT2D eigenvalue weighted by Crippen LogP contribution is -2.47. The Labute approximate surface area is 195 Å². The van der Waals surface area contributed by atoms with E-state index in [2.05, 4.69) is 27.3 Å². The molecular weight excluding hydrogens is 414 g/mol. The van der Waals surface area contributed by atoms with Gasteiger partial charge in [-0.3, -0.25) is 14.7 Å². The second-order valence-electron chi connectivity index (χ2n) is 9.26. The number of rotatable bonds is 5. The minimum Gasteiger partial charge on any atom is -0.497 e. The number of carbonyl (C=O) groups excluding carboxylic acids is 1. The molecule has 1 aliphatic heterocycles. The van der Waals surface area contributed by atoms with Gasteiger partial charge in [0.1, 0.15) is 24.1 Å². The average Bonchev–Trinajstić information content (AvgIpc) is 2.97. The summed E-state index contributed by atoms with van der Waals surface area (Å²) >= 11 is 0. The van der Waals surface area contributed by atoms with Crippen LogP contribution < -0.4 is 14.8 Å². The van der Waals surface area contributed by atoms with Crippen molar-refractivity contribution in [3.05, 3.63) is 78.1 Å². The summed E-state index contributed by atoms with van der Waals surface area (Å²) in [6.45, 7) is 7.69. The molecule has 0 bridgehead atoms. The zero-order chi connectivity index (χ0) is 23.4. The highest BCUT2D eigenvalue weighted by atomic mass is 16.5. The van der Waals surface area contributed by atoms with Crippen molar-refractivity contribution in [2.24, 2.45) is 0 Å². The van der Waals surface area contributed by atoms with Crippen LogP contribution in [0.4, 0.5) is 0 Å². The van der Waals surface area contributed by atoms with Crippen molar-refractivity contribution in [3.8, 4) is 22.6 Å². The van der Waals surface area contributed by atoms with Crippen molar-refractivity contribution < 1.29 is 14.3 Å². The van der Waals surface area contributed by atoms with Gasteiger partial charge in [-0.25, -0.2) is 0 Å². The van der Waals surface area contributed by atoms with Crippen LogP contribution in [-0.4, -0.2) is 41.6 Å². The molecule has 1 aliphatic rings. The molecule has 6 nitrogen and oxygen atoms in total. The molecule has 0 radical (unpaired) electrons. The first-order valence-electron chi connectivity index (χ1n) is 11.2. The second kappa shape index (κ2) is 9.63. The van der Waals surface area contributed by atoms with Gasteiger partial charge in [0.25, 0.3) is 0 Å². The molecular formula is C27H31N3O3. The lowest BCUT2D eigenvalue weighted by atomic mass is 9.97. The summed E-state index contributed by atoms with van der Waals surface area (Å²) in [5.74, 6) is 1.36. The summed E-state index contributed by atoms with van der Waals surface area (Å²) in [5, 5.41) is 3.17. The molecule has 0 saturated carbocycles. The number of pyridine rings is 1. The van der Waals surface area contributed by atoms with E-state index in [-0.39, 0.29) is 11.4 Å². The first-order chi connectivity index (χ1) is 15.9. The van der Waals surface area contributed by atoms with Gasteiger partial charge in [-0.1, -0.05) is 24.3 Å². The Morgan fingerprint density at radius 2 is 1.91 bits per heavy atom. The number of amides is 1. The third kappa shape index (κ3) is 5.34. The fourth-order valence-corrected chi connectivity index (χ4v) is 4.20. The van der Waals surface area contributed by atoms with Crippen molar-refractivity contribution >= 4 is 5.91 Å². The van der Waals surface area contributed by atoms with Crippen molar-refractivity contribution in [1.29, 1.82) is 0 Å². The Morgan fingerprint density at radius 1 is 1.15 bits per heavy atom. The number of hydrogen-bond donors (Lipinski definition) is 1. The maximum absolute atomic E-state index is 13.6. The molecule has 0 aliphatic carbocycles. The summed E-state index contributed by atoms with van der Waals surface area (Å²) in [6, 6.07) is 17.5. The van der Waals surface area contributed by atoms with Crippen LogP contribution in [0.3, 0.4) is 0 Å². The standard InChI is InChI=1S/C27H31N3O3/c1-27(2,3)29-26(31)25-23-17-21(32-4)9-10-24(23)33-16-15-30(25)18-20-7-5-6-8-22(20)19-11-13-28-14-12-19/h5-14,17,25H,15-16,18H2,1-4H3,(H,29,31). The van der Waals surface area contributed by atoms with E-state index in [4.69, 9.17) is 9.47 Å². The first-order valence-corrected chi connectivity index (χ1v) is 11.2. The Hall–Kier alpha value is -3.38. The van der Waals surface area contributed by atoms with Gasteiger partial charge in [0.15, 0.2) is 0 Å². The number of fused-ring (bicyclic) bond motifs is 1. The number of aromatic nitrogens is 1. The fraction of sp³-hybridized carbons (Fsp3) is 0.333. The molecule has 1 N–H and O–H groups in total. The SMILES string of the molecule is COc1ccc2c(c1)C(C(=O)NC(C)(C)C)N(Cc1ccccc1-c1ccncc1)CCO2. The summed E-state index contributed by atoms with van der Waals surface area (Å²) in [6.07, 6.45) is 3.60. The summed E-state index contributed by atoms with van der Waals surface area (Å²) in [7, 11) is 1.63. The van der Waals surface area contributed by atoms with Crippen molar-refractivity contribution in [2.45, 2.75) is 38.9 Å². The summed E-state index contributed by atoms with van der Waals surface area (Å²) < 4.78 is 11.5. The minimum absolute atomic E-state index is 0.0519. The van der Waals surface area contributed by atoms with E-state index in [1.807, 2.05) is 63.2 Å². The van der Waals surface area contributed by atoms with E-state index in [9.17, 15) is 4.79 Å². The first kappa shape index (κ1) is 22.8. The molecule has 2 aromatic carbocycles. The van der Waals surface area contributed by atoms with Crippen molar-refractivity contribution in [3.63, 3.8) is 0 Å². The molecule has 4 rings (SSSR count). The molecule has 0 saturated heterocycles. The second-order valence-corrected chi connectivity index (χ2v) is 9.26. The number of nitrogens with zero attached hydrogens (tertiary/aromatic N) is 2. The smallest absolute Gasteiger partial charge is 0.242 e. The van der Waals surface area contributed by atoms with Crippen LogP contribution in [0.25, 0.3) is 11.1 Å². The van der Waals surface area contributed by atoms with E-state index < -0.39 is 6.04 Å². The molecule has 3 aromatic rings.